The summed E-state index contributed by atoms with van der Waals surface area (Å²) >= 11 is 0. The molecular formula is C21H23FO5. The lowest BCUT2D eigenvalue weighted by Crippen LogP contribution is -2.01. The van der Waals surface area contributed by atoms with Crippen LogP contribution in [0.5, 0.6) is 17.2 Å². The molecule has 0 heterocycles. The molecule has 0 N–H and O–H groups in total. The number of methoxy groups -OCH3 is 1. The van der Waals surface area contributed by atoms with E-state index in [1.807, 2.05) is 19.9 Å². The molecule has 0 bridgehead atoms. The summed E-state index contributed by atoms with van der Waals surface area (Å²) < 4.78 is 34.7. The average molecular weight is 374 g/mol. The van der Waals surface area contributed by atoms with Crippen LogP contribution in [0.2, 0.25) is 0 Å². The third kappa shape index (κ3) is 6.02. The highest BCUT2D eigenvalue weighted by Crippen LogP contribution is 2.29. The molecule has 0 aliphatic carbocycles. The number of carbonyl (C=O) groups excluding carboxylic acids is 1. The SMILES string of the molecule is CCOc1ccc(/C=C/C(=O)OCc2ccc(OC)c(F)c2)cc1OCC. The van der Waals surface area contributed by atoms with Gasteiger partial charge in [0.25, 0.3) is 0 Å². The van der Waals surface area contributed by atoms with Crippen LogP contribution in [0, 0.1) is 5.82 Å². The van der Waals surface area contributed by atoms with E-state index in [-0.39, 0.29) is 12.4 Å². The fraction of sp³-hybridized carbons (Fsp3) is 0.286. The Morgan fingerprint density at radius 2 is 1.70 bits per heavy atom. The van der Waals surface area contributed by atoms with E-state index in [1.165, 1.54) is 25.3 Å². The number of benzene rings is 2. The minimum atomic E-state index is -0.530. The van der Waals surface area contributed by atoms with Crippen molar-refractivity contribution >= 4 is 12.0 Å². The molecule has 2 aromatic carbocycles. The molecule has 27 heavy (non-hydrogen) atoms. The van der Waals surface area contributed by atoms with Gasteiger partial charge in [0.1, 0.15) is 6.61 Å². The molecular weight excluding hydrogens is 351 g/mol. The maximum Gasteiger partial charge on any atom is 0.331 e. The van der Waals surface area contributed by atoms with Crippen LogP contribution in [0.25, 0.3) is 6.08 Å². The Balaban J connectivity index is 1.97. The molecule has 0 fully saturated rings. The van der Waals surface area contributed by atoms with Crippen molar-refractivity contribution in [1.29, 1.82) is 0 Å². The zero-order valence-corrected chi connectivity index (χ0v) is 15.7. The van der Waals surface area contributed by atoms with E-state index in [0.29, 0.717) is 30.3 Å². The van der Waals surface area contributed by atoms with Crippen molar-refractivity contribution in [3.8, 4) is 17.2 Å². The van der Waals surface area contributed by atoms with Gasteiger partial charge < -0.3 is 18.9 Å². The van der Waals surface area contributed by atoms with Gasteiger partial charge >= 0.3 is 5.97 Å². The van der Waals surface area contributed by atoms with E-state index < -0.39 is 11.8 Å². The van der Waals surface area contributed by atoms with Gasteiger partial charge in [-0.3, -0.25) is 0 Å². The molecule has 0 aromatic heterocycles. The van der Waals surface area contributed by atoms with Gasteiger partial charge in [-0.1, -0.05) is 12.1 Å². The first-order valence-electron chi connectivity index (χ1n) is 8.64. The summed E-state index contributed by atoms with van der Waals surface area (Å²) in [6.45, 7) is 4.80. The fourth-order valence-corrected chi connectivity index (χ4v) is 2.34. The highest BCUT2D eigenvalue weighted by molar-refractivity contribution is 5.87. The first kappa shape index (κ1) is 20.3. The average Bonchev–Trinajstić information content (AvgIpc) is 2.67. The van der Waals surface area contributed by atoms with Gasteiger partial charge in [-0.25, -0.2) is 9.18 Å². The Morgan fingerprint density at radius 3 is 2.37 bits per heavy atom. The van der Waals surface area contributed by atoms with Crippen LogP contribution in [0.15, 0.2) is 42.5 Å². The first-order valence-corrected chi connectivity index (χ1v) is 8.64. The monoisotopic (exact) mass is 374 g/mol. The molecule has 5 nitrogen and oxygen atoms in total. The molecule has 0 unspecified atom stereocenters. The molecule has 0 aliphatic rings. The predicted molar refractivity (Wildman–Crippen MR) is 101 cm³/mol. The molecule has 0 atom stereocenters. The molecule has 0 radical (unpaired) electrons. The summed E-state index contributed by atoms with van der Waals surface area (Å²) in [5, 5.41) is 0. The zero-order chi connectivity index (χ0) is 19.6. The number of halogens is 1. The third-order valence-electron chi connectivity index (χ3n) is 3.58. The topological polar surface area (TPSA) is 54.0 Å². The second-order valence-electron chi connectivity index (χ2n) is 5.48. The normalized spacial score (nSPS) is 10.7. The van der Waals surface area contributed by atoms with E-state index in [2.05, 4.69) is 0 Å². The lowest BCUT2D eigenvalue weighted by molar-refractivity contribution is -0.138. The molecule has 2 rings (SSSR count). The number of hydrogen-bond acceptors (Lipinski definition) is 5. The van der Waals surface area contributed by atoms with Gasteiger partial charge in [-0.2, -0.15) is 0 Å². The summed E-state index contributed by atoms with van der Waals surface area (Å²) in [6.07, 6.45) is 2.93. The number of ether oxygens (including phenoxy) is 4. The van der Waals surface area contributed by atoms with Crippen molar-refractivity contribution in [2.75, 3.05) is 20.3 Å². The van der Waals surface area contributed by atoms with Gasteiger partial charge in [0.2, 0.25) is 0 Å². The summed E-state index contributed by atoms with van der Waals surface area (Å²) in [4.78, 5) is 11.9. The van der Waals surface area contributed by atoms with Crippen molar-refractivity contribution < 1.29 is 28.1 Å². The minimum absolute atomic E-state index is 0.0302. The first-order chi connectivity index (χ1) is 13.1. The van der Waals surface area contributed by atoms with E-state index in [4.69, 9.17) is 18.9 Å². The number of carbonyl (C=O) groups is 1. The quantitative estimate of drug-likeness (QED) is 0.481. The second-order valence-corrected chi connectivity index (χ2v) is 5.48. The van der Waals surface area contributed by atoms with Gasteiger partial charge in [0.05, 0.1) is 20.3 Å². The fourth-order valence-electron chi connectivity index (χ4n) is 2.34. The molecule has 0 amide bonds. The molecule has 2 aromatic rings. The van der Waals surface area contributed by atoms with E-state index in [0.717, 1.165) is 5.56 Å². The van der Waals surface area contributed by atoms with Crippen molar-refractivity contribution in [1.82, 2.24) is 0 Å². The Bertz CT molecular complexity index is 801. The molecule has 0 saturated carbocycles. The zero-order valence-electron chi connectivity index (χ0n) is 15.7. The summed E-state index contributed by atoms with van der Waals surface area (Å²) in [6, 6.07) is 9.80. The molecule has 0 aliphatic heterocycles. The van der Waals surface area contributed by atoms with Gasteiger partial charge in [-0.15, -0.1) is 0 Å². The van der Waals surface area contributed by atoms with Crippen LogP contribution in [0.4, 0.5) is 4.39 Å². The Hall–Kier alpha value is -3.02. The summed E-state index contributed by atoms with van der Waals surface area (Å²) in [5.74, 6) is 0.382. The Morgan fingerprint density at radius 1 is 1.00 bits per heavy atom. The number of esters is 1. The van der Waals surface area contributed by atoms with Gasteiger partial charge in [0, 0.05) is 6.08 Å². The van der Waals surface area contributed by atoms with Crippen LogP contribution in [0.3, 0.4) is 0 Å². The van der Waals surface area contributed by atoms with Crippen LogP contribution in [-0.4, -0.2) is 26.3 Å². The molecule has 0 spiro atoms. The Labute approximate surface area is 158 Å². The summed E-state index contributed by atoms with van der Waals surface area (Å²) in [5.41, 5.74) is 1.31. The van der Waals surface area contributed by atoms with Crippen LogP contribution >= 0.6 is 0 Å². The highest BCUT2D eigenvalue weighted by Gasteiger charge is 2.07. The van der Waals surface area contributed by atoms with Gasteiger partial charge in [0.15, 0.2) is 23.1 Å². The van der Waals surface area contributed by atoms with E-state index in [9.17, 15) is 9.18 Å². The highest BCUT2D eigenvalue weighted by atomic mass is 19.1. The lowest BCUT2D eigenvalue weighted by atomic mass is 10.2. The Kier molecular flexibility index (Phi) is 7.67. The predicted octanol–water partition coefficient (Wildman–Crippen LogP) is 4.39. The van der Waals surface area contributed by atoms with Crippen molar-refractivity contribution in [2.24, 2.45) is 0 Å². The lowest BCUT2D eigenvalue weighted by Gasteiger charge is -2.11. The summed E-state index contributed by atoms with van der Waals surface area (Å²) in [7, 11) is 1.39. The number of hydrogen-bond donors (Lipinski definition) is 0. The molecule has 144 valence electrons. The third-order valence-corrected chi connectivity index (χ3v) is 3.58. The maximum atomic E-state index is 13.6. The van der Waals surface area contributed by atoms with Crippen molar-refractivity contribution in [3.63, 3.8) is 0 Å². The minimum Gasteiger partial charge on any atom is -0.494 e. The van der Waals surface area contributed by atoms with Gasteiger partial charge in [-0.05, 0) is 55.3 Å². The van der Waals surface area contributed by atoms with Crippen molar-refractivity contribution in [3.05, 3.63) is 59.4 Å². The van der Waals surface area contributed by atoms with E-state index in [1.54, 1.807) is 24.3 Å². The van der Waals surface area contributed by atoms with Crippen LogP contribution in [-0.2, 0) is 16.1 Å². The largest absolute Gasteiger partial charge is 0.494 e. The standard InChI is InChI=1S/C21H23FO5/c1-4-25-19-10-6-15(13-20(19)26-5-2)8-11-21(23)27-14-16-7-9-18(24-3)17(22)12-16/h6-13H,4-5,14H2,1-3H3/b11-8+. The smallest absolute Gasteiger partial charge is 0.331 e. The molecule has 0 saturated heterocycles. The van der Waals surface area contributed by atoms with Crippen molar-refractivity contribution in [2.45, 2.75) is 20.5 Å². The number of rotatable bonds is 9. The van der Waals surface area contributed by atoms with Crippen LogP contribution in [0.1, 0.15) is 25.0 Å². The second kappa shape index (κ2) is 10.2. The van der Waals surface area contributed by atoms with Crippen LogP contribution < -0.4 is 14.2 Å². The van der Waals surface area contributed by atoms with E-state index >= 15 is 0 Å². The maximum absolute atomic E-state index is 13.6. The molecule has 6 heteroatoms.